The Morgan fingerprint density at radius 2 is 1.82 bits per heavy atom. The number of carbonyl (C=O) groups excluding carboxylic acids is 2. The standard InChI is InChI=1S/C21H22N2O5/c1-22(17(21(26)27)13-15-7-3-2-4-8-15)19(24)11-12-23-16-9-5-6-10-18(16)28-14-20(23)25/h2-10,17H,11-14H2,1H3,(H,26,27). The van der Waals surface area contributed by atoms with Crippen LogP contribution in [0.2, 0.25) is 0 Å². The zero-order valence-electron chi connectivity index (χ0n) is 15.6. The summed E-state index contributed by atoms with van der Waals surface area (Å²) in [6.07, 6.45) is 0.243. The molecule has 2 amide bonds. The minimum Gasteiger partial charge on any atom is -0.482 e. The fraction of sp³-hybridized carbons (Fsp3) is 0.286. The molecule has 0 aliphatic carbocycles. The summed E-state index contributed by atoms with van der Waals surface area (Å²) in [6.45, 7) is 0.0901. The minimum atomic E-state index is -1.06. The molecule has 0 aromatic heterocycles. The number of anilines is 1. The third-order valence-corrected chi connectivity index (χ3v) is 4.78. The Hall–Kier alpha value is -3.35. The summed E-state index contributed by atoms with van der Waals surface area (Å²) in [7, 11) is 1.49. The number of rotatable bonds is 7. The highest BCUT2D eigenvalue weighted by Gasteiger charge is 2.29. The fourth-order valence-electron chi connectivity index (χ4n) is 3.18. The van der Waals surface area contributed by atoms with E-state index in [-0.39, 0.29) is 37.8 Å². The lowest BCUT2D eigenvalue weighted by Crippen LogP contribution is -2.46. The van der Waals surface area contributed by atoms with Crippen LogP contribution < -0.4 is 9.64 Å². The molecule has 1 unspecified atom stereocenters. The van der Waals surface area contributed by atoms with E-state index in [1.165, 1.54) is 16.8 Å². The summed E-state index contributed by atoms with van der Waals surface area (Å²) in [5.74, 6) is -1.03. The number of benzene rings is 2. The zero-order chi connectivity index (χ0) is 20.1. The average molecular weight is 382 g/mol. The normalized spacial score (nSPS) is 14.0. The highest BCUT2D eigenvalue weighted by molar-refractivity contribution is 5.98. The quantitative estimate of drug-likeness (QED) is 0.791. The van der Waals surface area contributed by atoms with Gasteiger partial charge in [0.05, 0.1) is 5.69 Å². The Kier molecular flexibility index (Phi) is 5.93. The van der Waals surface area contributed by atoms with Crippen molar-refractivity contribution in [2.24, 2.45) is 0 Å². The molecule has 1 heterocycles. The highest BCUT2D eigenvalue weighted by Crippen LogP contribution is 2.31. The number of carboxylic acid groups (broad SMARTS) is 1. The first-order chi connectivity index (χ1) is 13.5. The predicted molar refractivity (Wildman–Crippen MR) is 103 cm³/mol. The van der Waals surface area contributed by atoms with E-state index < -0.39 is 12.0 Å². The Morgan fingerprint density at radius 1 is 1.14 bits per heavy atom. The number of carboxylic acids is 1. The summed E-state index contributed by atoms with van der Waals surface area (Å²) in [5, 5.41) is 9.57. The van der Waals surface area contributed by atoms with Crippen LogP contribution in [0.4, 0.5) is 5.69 Å². The van der Waals surface area contributed by atoms with Gasteiger partial charge in [-0.2, -0.15) is 0 Å². The second kappa shape index (κ2) is 8.56. The molecule has 0 spiro atoms. The molecule has 28 heavy (non-hydrogen) atoms. The molecule has 7 nitrogen and oxygen atoms in total. The molecule has 0 saturated carbocycles. The predicted octanol–water partition coefficient (Wildman–Crippen LogP) is 1.96. The first-order valence-electron chi connectivity index (χ1n) is 9.02. The maximum atomic E-state index is 12.6. The van der Waals surface area contributed by atoms with Gasteiger partial charge in [0.1, 0.15) is 11.8 Å². The molecule has 1 N–H and O–H groups in total. The highest BCUT2D eigenvalue weighted by atomic mass is 16.5. The molecule has 1 atom stereocenters. The van der Waals surface area contributed by atoms with E-state index >= 15 is 0 Å². The second-order valence-corrected chi connectivity index (χ2v) is 6.60. The van der Waals surface area contributed by atoms with Gasteiger partial charge in [0.2, 0.25) is 5.91 Å². The third kappa shape index (κ3) is 4.31. The summed E-state index contributed by atoms with van der Waals surface area (Å²) in [4.78, 5) is 39.3. The molecular formula is C21H22N2O5. The van der Waals surface area contributed by atoms with Crippen LogP contribution in [0.15, 0.2) is 54.6 Å². The number of nitrogens with zero attached hydrogens (tertiary/aromatic N) is 2. The van der Waals surface area contributed by atoms with Crippen LogP contribution in [0.25, 0.3) is 0 Å². The van der Waals surface area contributed by atoms with E-state index in [1.807, 2.05) is 36.4 Å². The first kappa shape index (κ1) is 19.4. The van der Waals surface area contributed by atoms with Crippen LogP contribution in [0.1, 0.15) is 12.0 Å². The SMILES string of the molecule is CN(C(=O)CCN1C(=O)COc2ccccc21)C(Cc1ccccc1)C(=O)O. The van der Waals surface area contributed by atoms with Crippen LogP contribution in [-0.2, 0) is 20.8 Å². The largest absolute Gasteiger partial charge is 0.482 e. The Morgan fingerprint density at radius 3 is 2.54 bits per heavy atom. The van der Waals surface area contributed by atoms with Crippen molar-refractivity contribution in [1.29, 1.82) is 0 Å². The van der Waals surface area contributed by atoms with Crippen LogP contribution in [0.3, 0.4) is 0 Å². The number of hydrogen-bond donors (Lipinski definition) is 1. The lowest BCUT2D eigenvalue weighted by Gasteiger charge is -2.30. The Balaban J connectivity index is 1.66. The van der Waals surface area contributed by atoms with E-state index in [4.69, 9.17) is 4.74 Å². The molecule has 1 aliphatic heterocycles. The molecule has 3 rings (SSSR count). The Bertz CT molecular complexity index is 868. The topological polar surface area (TPSA) is 87.2 Å². The van der Waals surface area contributed by atoms with E-state index in [2.05, 4.69) is 0 Å². The van der Waals surface area contributed by atoms with Crippen LogP contribution in [-0.4, -0.2) is 54.0 Å². The molecule has 7 heteroatoms. The van der Waals surface area contributed by atoms with Crippen LogP contribution in [0.5, 0.6) is 5.75 Å². The number of para-hydroxylation sites is 2. The molecule has 0 bridgehead atoms. The van der Waals surface area contributed by atoms with Gasteiger partial charge in [-0.1, -0.05) is 42.5 Å². The van der Waals surface area contributed by atoms with Crippen molar-refractivity contribution in [3.05, 3.63) is 60.2 Å². The maximum Gasteiger partial charge on any atom is 0.326 e. The van der Waals surface area contributed by atoms with Crippen LogP contribution in [0, 0.1) is 0 Å². The number of ether oxygens (including phenoxy) is 1. The lowest BCUT2D eigenvalue weighted by atomic mass is 10.0. The van der Waals surface area contributed by atoms with Gasteiger partial charge in [0, 0.05) is 26.4 Å². The van der Waals surface area contributed by atoms with E-state index in [9.17, 15) is 19.5 Å². The molecule has 1 aliphatic rings. The van der Waals surface area contributed by atoms with Gasteiger partial charge in [-0.3, -0.25) is 9.59 Å². The van der Waals surface area contributed by atoms with Crippen molar-refractivity contribution in [3.8, 4) is 5.75 Å². The number of hydrogen-bond acceptors (Lipinski definition) is 4. The van der Waals surface area contributed by atoms with Crippen molar-refractivity contribution in [2.45, 2.75) is 18.9 Å². The van der Waals surface area contributed by atoms with Gasteiger partial charge in [-0.15, -0.1) is 0 Å². The summed E-state index contributed by atoms with van der Waals surface area (Å²) < 4.78 is 5.39. The van der Waals surface area contributed by atoms with E-state index in [0.29, 0.717) is 11.4 Å². The monoisotopic (exact) mass is 382 g/mol. The van der Waals surface area contributed by atoms with Crippen molar-refractivity contribution < 1.29 is 24.2 Å². The van der Waals surface area contributed by atoms with Gasteiger partial charge in [-0.05, 0) is 17.7 Å². The maximum absolute atomic E-state index is 12.6. The molecule has 146 valence electrons. The van der Waals surface area contributed by atoms with E-state index in [1.54, 1.807) is 18.2 Å². The average Bonchev–Trinajstić information content (AvgIpc) is 2.71. The third-order valence-electron chi connectivity index (χ3n) is 4.78. The molecule has 0 radical (unpaired) electrons. The summed E-state index contributed by atoms with van der Waals surface area (Å²) in [6, 6.07) is 15.3. The second-order valence-electron chi connectivity index (χ2n) is 6.60. The molecule has 2 aromatic carbocycles. The van der Waals surface area contributed by atoms with Crippen molar-refractivity contribution in [2.75, 3.05) is 25.1 Å². The minimum absolute atomic E-state index is 0.0230. The van der Waals surface area contributed by atoms with Gasteiger partial charge in [-0.25, -0.2) is 4.79 Å². The molecule has 0 saturated heterocycles. The lowest BCUT2D eigenvalue weighted by molar-refractivity contribution is -0.149. The van der Waals surface area contributed by atoms with Crippen LogP contribution >= 0.6 is 0 Å². The van der Waals surface area contributed by atoms with E-state index in [0.717, 1.165) is 5.56 Å². The molecular weight excluding hydrogens is 360 g/mol. The Labute approximate surface area is 163 Å². The van der Waals surface area contributed by atoms with Crippen molar-refractivity contribution in [3.63, 3.8) is 0 Å². The number of likely N-dealkylation sites (N-methyl/N-ethyl adjacent to an activating group) is 1. The van der Waals surface area contributed by atoms with Crippen molar-refractivity contribution >= 4 is 23.5 Å². The number of aliphatic carboxylic acids is 1. The fourth-order valence-corrected chi connectivity index (χ4v) is 3.18. The number of carbonyl (C=O) groups is 3. The van der Waals surface area contributed by atoms with Gasteiger partial charge in [0.15, 0.2) is 6.61 Å². The molecule has 2 aromatic rings. The first-order valence-corrected chi connectivity index (χ1v) is 9.02. The smallest absolute Gasteiger partial charge is 0.326 e. The van der Waals surface area contributed by atoms with Crippen molar-refractivity contribution in [1.82, 2.24) is 4.90 Å². The summed E-state index contributed by atoms with van der Waals surface area (Å²) in [5.41, 5.74) is 1.46. The number of fused-ring (bicyclic) bond motifs is 1. The summed E-state index contributed by atoms with van der Waals surface area (Å²) >= 11 is 0. The van der Waals surface area contributed by atoms with Gasteiger partial charge >= 0.3 is 5.97 Å². The van der Waals surface area contributed by atoms with Gasteiger partial charge in [0.25, 0.3) is 5.91 Å². The zero-order valence-corrected chi connectivity index (χ0v) is 15.6. The van der Waals surface area contributed by atoms with Gasteiger partial charge < -0.3 is 19.6 Å². The molecule has 0 fully saturated rings. The number of amides is 2.